The van der Waals surface area contributed by atoms with Crippen LogP contribution in [0.4, 0.5) is 0 Å². The van der Waals surface area contributed by atoms with Gasteiger partial charge in [0.2, 0.25) is 0 Å². The minimum absolute atomic E-state index is 0.337. The molecule has 0 aliphatic carbocycles. The second-order valence-electron chi connectivity index (χ2n) is 3.81. The van der Waals surface area contributed by atoms with Gasteiger partial charge in [-0.05, 0) is 21.0 Å². The van der Waals surface area contributed by atoms with Crippen LogP contribution in [0.3, 0.4) is 0 Å². The first-order valence-electron chi connectivity index (χ1n) is 5.05. The van der Waals surface area contributed by atoms with E-state index in [1.807, 2.05) is 14.1 Å². The molecule has 0 radical (unpaired) electrons. The number of carboxylic acids is 1. The Hall–Kier alpha value is -0.980. The van der Waals surface area contributed by atoms with Crippen LogP contribution in [0.15, 0.2) is 0 Å². The predicted molar refractivity (Wildman–Crippen MR) is 64.1 cm³/mol. The molecule has 0 bridgehead atoms. The molecule has 1 heterocycles. The number of nitrogens with zero attached hydrogens (tertiary/aromatic N) is 2. The molecule has 0 aliphatic heterocycles. The van der Waals surface area contributed by atoms with Crippen molar-refractivity contribution in [1.82, 2.24) is 15.2 Å². The second-order valence-corrected chi connectivity index (χ2v) is 4.89. The molecule has 0 amide bonds. The Bertz CT molecular complexity index is 363. The molecule has 0 unspecified atom stereocenters. The lowest BCUT2D eigenvalue weighted by molar-refractivity contribution is 0.0701. The van der Waals surface area contributed by atoms with E-state index in [2.05, 4.69) is 15.2 Å². The normalized spacial score (nSPS) is 11.0. The number of likely N-dealkylation sites (N-methyl/N-ethyl adjacent to an activating group) is 1. The molecule has 0 aliphatic rings. The van der Waals surface area contributed by atoms with Gasteiger partial charge >= 0.3 is 5.97 Å². The second kappa shape index (κ2) is 5.93. The Morgan fingerprint density at radius 3 is 2.75 bits per heavy atom. The topological polar surface area (TPSA) is 65.5 Å². The Morgan fingerprint density at radius 1 is 1.56 bits per heavy atom. The molecule has 2 N–H and O–H groups in total. The van der Waals surface area contributed by atoms with Crippen LogP contribution in [0.25, 0.3) is 0 Å². The van der Waals surface area contributed by atoms with E-state index in [-0.39, 0.29) is 0 Å². The molecular weight excluding hydrogens is 226 g/mol. The third kappa shape index (κ3) is 3.88. The lowest BCUT2D eigenvalue weighted by Crippen LogP contribution is -2.26. The average molecular weight is 243 g/mol. The van der Waals surface area contributed by atoms with Crippen LogP contribution in [0, 0.1) is 6.92 Å². The van der Waals surface area contributed by atoms with Gasteiger partial charge in [-0.1, -0.05) is 0 Å². The zero-order valence-electron chi connectivity index (χ0n) is 9.78. The number of nitrogens with one attached hydrogen (secondary N) is 1. The number of aromatic carboxylic acids is 1. The van der Waals surface area contributed by atoms with Gasteiger partial charge in [0.05, 0.1) is 5.69 Å². The fraction of sp³-hybridized carbons (Fsp3) is 0.600. The maximum atomic E-state index is 10.8. The maximum Gasteiger partial charge on any atom is 0.347 e. The highest BCUT2D eigenvalue weighted by Gasteiger charge is 2.13. The van der Waals surface area contributed by atoms with Crippen molar-refractivity contribution in [3.8, 4) is 0 Å². The molecule has 0 atom stereocenters. The summed E-state index contributed by atoms with van der Waals surface area (Å²) in [4.78, 5) is 17.4. The Kier molecular flexibility index (Phi) is 4.85. The van der Waals surface area contributed by atoms with E-state index in [4.69, 9.17) is 5.11 Å². The van der Waals surface area contributed by atoms with E-state index in [9.17, 15) is 4.79 Å². The SMILES string of the molecule is Cc1nc(CNCCN(C)C)sc1C(=O)O. The minimum atomic E-state index is -0.894. The summed E-state index contributed by atoms with van der Waals surface area (Å²) in [7, 11) is 4.02. The van der Waals surface area contributed by atoms with Gasteiger partial charge in [-0.15, -0.1) is 11.3 Å². The standard InChI is InChI=1S/C10H17N3O2S/c1-7-9(10(14)15)16-8(12-7)6-11-4-5-13(2)3/h11H,4-6H2,1-3H3,(H,14,15). The van der Waals surface area contributed by atoms with Crippen LogP contribution in [0.2, 0.25) is 0 Å². The molecule has 1 aromatic heterocycles. The monoisotopic (exact) mass is 243 g/mol. The number of carbonyl (C=O) groups is 1. The number of carboxylic acid groups (broad SMARTS) is 1. The van der Waals surface area contributed by atoms with E-state index in [0.717, 1.165) is 18.1 Å². The van der Waals surface area contributed by atoms with Gasteiger partial charge in [0.1, 0.15) is 9.88 Å². The number of aromatic nitrogens is 1. The van der Waals surface area contributed by atoms with Gasteiger partial charge in [0.15, 0.2) is 0 Å². The van der Waals surface area contributed by atoms with Crippen molar-refractivity contribution >= 4 is 17.3 Å². The van der Waals surface area contributed by atoms with Crippen molar-refractivity contribution in [2.75, 3.05) is 27.2 Å². The molecule has 1 aromatic rings. The number of thiazole rings is 1. The van der Waals surface area contributed by atoms with Crippen LogP contribution in [-0.2, 0) is 6.54 Å². The van der Waals surface area contributed by atoms with Gasteiger partial charge in [-0.2, -0.15) is 0 Å². The molecule has 0 fully saturated rings. The van der Waals surface area contributed by atoms with E-state index < -0.39 is 5.97 Å². The number of rotatable bonds is 6. The maximum absolute atomic E-state index is 10.8. The smallest absolute Gasteiger partial charge is 0.347 e. The average Bonchev–Trinajstić information content (AvgIpc) is 2.54. The summed E-state index contributed by atoms with van der Waals surface area (Å²) in [5.41, 5.74) is 0.599. The first kappa shape index (κ1) is 13.1. The van der Waals surface area contributed by atoms with E-state index in [1.165, 1.54) is 11.3 Å². The minimum Gasteiger partial charge on any atom is -0.477 e. The molecule has 16 heavy (non-hydrogen) atoms. The zero-order valence-corrected chi connectivity index (χ0v) is 10.6. The lowest BCUT2D eigenvalue weighted by atomic mass is 10.4. The van der Waals surface area contributed by atoms with Crippen LogP contribution in [0.5, 0.6) is 0 Å². The number of hydrogen-bond donors (Lipinski definition) is 2. The number of hydrogen-bond acceptors (Lipinski definition) is 5. The molecule has 0 saturated heterocycles. The predicted octanol–water partition coefficient (Wildman–Crippen LogP) is 0.801. The van der Waals surface area contributed by atoms with Gasteiger partial charge in [0, 0.05) is 19.6 Å². The van der Waals surface area contributed by atoms with Crippen LogP contribution < -0.4 is 5.32 Å². The van der Waals surface area contributed by atoms with Crippen LogP contribution in [0.1, 0.15) is 20.4 Å². The summed E-state index contributed by atoms with van der Waals surface area (Å²) < 4.78 is 0. The highest BCUT2D eigenvalue weighted by molar-refractivity contribution is 7.13. The van der Waals surface area contributed by atoms with E-state index in [0.29, 0.717) is 17.1 Å². The molecule has 6 heteroatoms. The first-order valence-corrected chi connectivity index (χ1v) is 5.87. The highest BCUT2D eigenvalue weighted by atomic mass is 32.1. The molecule has 5 nitrogen and oxygen atoms in total. The van der Waals surface area contributed by atoms with Crippen molar-refractivity contribution in [3.63, 3.8) is 0 Å². The van der Waals surface area contributed by atoms with Gasteiger partial charge in [-0.3, -0.25) is 0 Å². The third-order valence-electron chi connectivity index (χ3n) is 2.05. The van der Waals surface area contributed by atoms with Gasteiger partial charge in [-0.25, -0.2) is 9.78 Å². The molecule has 0 saturated carbocycles. The molecule has 1 rings (SSSR count). The molecule has 0 spiro atoms. The quantitative estimate of drug-likeness (QED) is 0.724. The van der Waals surface area contributed by atoms with Crippen molar-refractivity contribution < 1.29 is 9.90 Å². The van der Waals surface area contributed by atoms with E-state index in [1.54, 1.807) is 6.92 Å². The van der Waals surface area contributed by atoms with Crippen molar-refractivity contribution in [1.29, 1.82) is 0 Å². The Balaban J connectivity index is 2.43. The summed E-state index contributed by atoms with van der Waals surface area (Å²) >= 11 is 1.24. The zero-order chi connectivity index (χ0) is 12.1. The van der Waals surface area contributed by atoms with Crippen molar-refractivity contribution in [3.05, 3.63) is 15.6 Å². The van der Waals surface area contributed by atoms with Crippen molar-refractivity contribution in [2.45, 2.75) is 13.5 Å². The summed E-state index contributed by atoms with van der Waals surface area (Å²) in [6, 6.07) is 0. The van der Waals surface area contributed by atoms with Crippen LogP contribution in [-0.4, -0.2) is 48.1 Å². The lowest BCUT2D eigenvalue weighted by Gasteiger charge is -2.08. The Morgan fingerprint density at radius 2 is 2.25 bits per heavy atom. The van der Waals surface area contributed by atoms with Crippen molar-refractivity contribution in [2.24, 2.45) is 0 Å². The molecule has 90 valence electrons. The molecule has 0 aromatic carbocycles. The number of aryl methyl sites for hydroxylation is 1. The van der Waals surface area contributed by atoms with Gasteiger partial charge < -0.3 is 15.3 Å². The summed E-state index contributed by atoms with van der Waals surface area (Å²) in [6.45, 7) is 4.18. The third-order valence-corrected chi connectivity index (χ3v) is 3.19. The van der Waals surface area contributed by atoms with Crippen LogP contribution >= 0.6 is 11.3 Å². The molecular formula is C10H17N3O2S. The Labute approximate surface area is 99.1 Å². The summed E-state index contributed by atoms with van der Waals surface area (Å²) in [6.07, 6.45) is 0. The van der Waals surface area contributed by atoms with E-state index >= 15 is 0 Å². The van der Waals surface area contributed by atoms with Gasteiger partial charge in [0.25, 0.3) is 0 Å². The largest absolute Gasteiger partial charge is 0.477 e. The fourth-order valence-corrected chi connectivity index (χ4v) is 2.10. The first-order chi connectivity index (χ1) is 7.50. The fourth-order valence-electron chi connectivity index (χ4n) is 1.22. The summed E-state index contributed by atoms with van der Waals surface area (Å²) in [5.74, 6) is -0.894. The summed E-state index contributed by atoms with van der Waals surface area (Å²) in [5, 5.41) is 12.9. The highest BCUT2D eigenvalue weighted by Crippen LogP contribution is 2.17.